The molecular formula is C41H59NO8S. The van der Waals surface area contributed by atoms with E-state index in [0.29, 0.717) is 6.42 Å². The Morgan fingerprint density at radius 3 is 1.75 bits per heavy atom. The van der Waals surface area contributed by atoms with E-state index in [9.17, 15) is 24.3 Å². The van der Waals surface area contributed by atoms with Crippen molar-refractivity contribution < 1.29 is 38.5 Å². The van der Waals surface area contributed by atoms with Crippen LogP contribution in [-0.4, -0.2) is 66.0 Å². The molecule has 0 saturated carbocycles. The second-order valence-corrected chi connectivity index (χ2v) is 14.5. The van der Waals surface area contributed by atoms with E-state index in [1.807, 2.05) is 48.5 Å². The Morgan fingerprint density at radius 1 is 0.686 bits per heavy atom. The van der Waals surface area contributed by atoms with Crippen LogP contribution in [0.3, 0.4) is 0 Å². The topological polar surface area (TPSA) is 128 Å². The minimum absolute atomic E-state index is 0.0112. The summed E-state index contributed by atoms with van der Waals surface area (Å²) in [7, 11) is 0. The Labute approximate surface area is 309 Å². The number of hydrogen-bond donors (Lipinski definition) is 2. The van der Waals surface area contributed by atoms with Crippen LogP contribution in [0.25, 0.3) is 11.1 Å². The summed E-state index contributed by atoms with van der Waals surface area (Å²) < 4.78 is 16.8. The highest BCUT2D eigenvalue weighted by molar-refractivity contribution is 7.99. The van der Waals surface area contributed by atoms with Crippen molar-refractivity contribution in [1.82, 2.24) is 5.32 Å². The number of fused-ring (bicyclic) bond motifs is 3. The highest BCUT2D eigenvalue weighted by atomic mass is 32.2. The molecule has 1 aliphatic carbocycles. The maximum atomic E-state index is 12.8. The predicted octanol–water partition coefficient (Wildman–Crippen LogP) is 9.45. The number of ether oxygens (including phenoxy) is 3. The molecule has 0 aromatic heterocycles. The number of unbranched alkanes of at least 4 members (excludes halogenated alkanes) is 12. The molecule has 0 unspecified atom stereocenters. The average Bonchev–Trinajstić information content (AvgIpc) is 3.45. The van der Waals surface area contributed by atoms with Crippen molar-refractivity contribution in [2.24, 2.45) is 0 Å². The molecule has 2 atom stereocenters. The van der Waals surface area contributed by atoms with Crippen LogP contribution in [0.2, 0.25) is 0 Å². The molecule has 0 heterocycles. The number of carbonyl (C=O) groups excluding carboxylic acids is 3. The first-order chi connectivity index (χ1) is 24.8. The first-order valence-corrected chi connectivity index (χ1v) is 20.3. The SMILES string of the molecule is CCCCCCCCCC(=O)OC[C@H](CSC[C@H](NC(=O)OCC1c2ccccc2-c2ccccc21)C(=O)O)OC(=O)CCCCCCCCC. The van der Waals surface area contributed by atoms with E-state index in [-0.39, 0.29) is 49.0 Å². The molecule has 0 saturated heterocycles. The molecule has 2 N–H and O–H groups in total. The lowest BCUT2D eigenvalue weighted by molar-refractivity contribution is -0.157. The molecule has 3 rings (SSSR count). The molecule has 51 heavy (non-hydrogen) atoms. The molecule has 0 radical (unpaired) electrons. The number of thioether (sulfide) groups is 1. The second-order valence-electron chi connectivity index (χ2n) is 13.4. The summed E-state index contributed by atoms with van der Waals surface area (Å²) in [6.45, 7) is 4.34. The first-order valence-electron chi connectivity index (χ1n) is 19.1. The third-order valence-electron chi connectivity index (χ3n) is 9.22. The molecule has 0 bridgehead atoms. The molecule has 2 aromatic rings. The maximum Gasteiger partial charge on any atom is 0.407 e. The number of esters is 2. The summed E-state index contributed by atoms with van der Waals surface area (Å²) in [5, 5.41) is 12.3. The molecule has 10 heteroatoms. The van der Waals surface area contributed by atoms with E-state index >= 15 is 0 Å². The van der Waals surface area contributed by atoms with Crippen molar-refractivity contribution in [2.75, 3.05) is 24.7 Å². The van der Waals surface area contributed by atoms with Crippen molar-refractivity contribution >= 4 is 35.8 Å². The van der Waals surface area contributed by atoms with E-state index in [4.69, 9.17) is 14.2 Å². The van der Waals surface area contributed by atoms with Crippen molar-refractivity contribution in [3.63, 3.8) is 0 Å². The number of carbonyl (C=O) groups is 4. The predicted molar refractivity (Wildman–Crippen MR) is 203 cm³/mol. The lowest BCUT2D eigenvalue weighted by atomic mass is 9.98. The lowest BCUT2D eigenvalue weighted by Gasteiger charge is -2.20. The average molecular weight is 726 g/mol. The van der Waals surface area contributed by atoms with Gasteiger partial charge in [0.05, 0.1) is 0 Å². The number of hydrogen-bond acceptors (Lipinski definition) is 8. The lowest BCUT2D eigenvalue weighted by Crippen LogP contribution is -2.43. The number of aliphatic carboxylic acids is 1. The standard InChI is InChI=1S/C41H59NO8S/c1-3-5-7-9-11-13-15-25-38(43)48-27-31(50-39(44)26-16-14-12-10-8-6-4-2)29-51-30-37(40(45)46)42-41(47)49-28-36-34-23-19-17-21-32(34)33-22-18-20-24-35(33)36/h17-24,31,36-37H,3-16,25-30H2,1-2H3,(H,42,47)(H,45,46)/t31-,37+/m1/s1. The van der Waals surface area contributed by atoms with Crippen LogP contribution in [0, 0.1) is 0 Å². The van der Waals surface area contributed by atoms with Gasteiger partial charge < -0.3 is 24.6 Å². The molecule has 282 valence electrons. The number of carboxylic acid groups (broad SMARTS) is 1. The Kier molecular flexibility index (Phi) is 20.2. The highest BCUT2D eigenvalue weighted by Crippen LogP contribution is 2.44. The molecular weight excluding hydrogens is 667 g/mol. The van der Waals surface area contributed by atoms with Gasteiger partial charge in [-0.15, -0.1) is 0 Å². The monoisotopic (exact) mass is 725 g/mol. The van der Waals surface area contributed by atoms with Gasteiger partial charge in [0, 0.05) is 30.3 Å². The van der Waals surface area contributed by atoms with Crippen LogP contribution in [0.15, 0.2) is 48.5 Å². The van der Waals surface area contributed by atoms with E-state index in [1.165, 1.54) is 56.7 Å². The number of amides is 1. The largest absolute Gasteiger partial charge is 0.480 e. The Morgan fingerprint density at radius 2 is 1.20 bits per heavy atom. The van der Waals surface area contributed by atoms with Gasteiger partial charge in [-0.05, 0) is 35.1 Å². The van der Waals surface area contributed by atoms with Gasteiger partial charge in [0.1, 0.15) is 25.4 Å². The highest BCUT2D eigenvalue weighted by Gasteiger charge is 2.30. The Hall–Kier alpha value is -3.53. The quantitative estimate of drug-likeness (QED) is 0.0526. The van der Waals surface area contributed by atoms with Crippen LogP contribution < -0.4 is 5.32 Å². The molecule has 0 fully saturated rings. The second kappa shape index (κ2) is 24.6. The van der Waals surface area contributed by atoms with Crippen LogP contribution >= 0.6 is 11.8 Å². The zero-order valence-corrected chi connectivity index (χ0v) is 31.5. The molecule has 1 amide bonds. The molecule has 0 aliphatic heterocycles. The summed E-state index contributed by atoms with van der Waals surface area (Å²) in [6.07, 6.45) is 14.2. The van der Waals surface area contributed by atoms with Crippen molar-refractivity contribution in [1.29, 1.82) is 0 Å². The van der Waals surface area contributed by atoms with Gasteiger partial charge in [-0.3, -0.25) is 9.59 Å². The zero-order chi connectivity index (χ0) is 36.7. The number of nitrogens with one attached hydrogen (secondary N) is 1. The fourth-order valence-corrected chi connectivity index (χ4v) is 7.37. The van der Waals surface area contributed by atoms with Gasteiger partial charge in [-0.1, -0.05) is 139 Å². The normalized spacial score (nSPS) is 13.1. The summed E-state index contributed by atoms with van der Waals surface area (Å²) in [4.78, 5) is 50.0. The molecule has 2 aromatic carbocycles. The number of rotatable bonds is 27. The van der Waals surface area contributed by atoms with Crippen molar-refractivity contribution in [3.05, 3.63) is 59.7 Å². The smallest absolute Gasteiger partial charge is 0.407 e. The minimum atomic E-state index is -1.23. The minimum Gasteiger partial charge on any atom is -0.480 e. The third-order valence-corrected chi connectivity index (χ3v) is 10.4. The van der Waals surface area contributed by atoms with Gasteiger partial charge in [-0.25, -0.2) is 9.59 Å². The summed E-state index contributed by atoms with van der Waals surface area (Å²) >= 11 is 1.21. The van der Waals surface area contributed by atoms with E-state index < -0.39 is 24.2 Å². The molecule has 9 nitrogen and oxygen atoms in total. The van der Waals surface area contributed by atoms with Crippen molar-refractivity contribution in [2.45, 2.75) is 135 Å². The Bertz CT molecular complexity index is 1300. The van der Waals surface area contributed by atoms with Gasteiger partial charge in [0.25, 0.3) is 0 Å². The number of alkyl carbamates (subject to hydrolysis) is 1. The summed E-state index contributed by atoms with van der Waals surface area (Å²) in [5.74, 6) is -1.82. The van der Waals surface area contributed by atoms with Gasteiger partial charge >= 0.3 is 24.0 Å². The number of carboxylic acids is 1. The van der Waals surface area contributed by atoms with Gasteiger partial charge in [-0.2, -0.15) is 11.8 Å². The van der Waals surface area contributed by atoms with Gasteiger partial charge in [0.2, 0.25) is 0 Å². The van der Waals surface area contributed by atoms with Crippen molar-refractivity contribution in [3.8, 4) is 11.1 Å². The first kappa shape index (κ1) is 41.9. The number of benzene rings is 2. The molecule has 0 spiro atoms. The van der Waals surface area contributed by atoms with E-state index in [2.05, 4.69) is 19.2 Å². The maximum absolute atomic E-state index is 12.8. The van der Waals surface area contributed by atoms with Crippen LogP contribution in [0.1, 0.15) is 134 Å². The van der Waals surface area contributed by atoms with Crippen LogP contribution in [-0.2, 0) is 28.6 Å². The molecule has 1 aliphatic rings. The summed E-state index contributed by atoms with van der Waals surface area (Å²) in [5.41, 5.74) is 4.33. The van der Waals surface area contributed by atoms with Gasteiger partial charge in [0.15, 0.2) is 0 Å². The third kappa shape index (κ3) is 15.7. The van der Waals surface area contributed by atoms with Crippen LogP contribution in [0.4, 0.5) is 4.79 Å². The van der Waals surface area contributed by atoms with E-state index in [1.54, 1.807) is 0 Å². The summed E-state index contributed by atoms with van der Waals surface area (Å²) in [6, 6.07) is 14.8. The van der Waals surface area contributed by atoms with E-state index in [0.717, 1.165) is 67.2 Å². The fourth-order valence-electron chi connectivity index (χ4n) is 6.35. The Balaban J connectivity index is 1.46. The van der Waals surface area contributed by atoms with Crippen LogP contribution in [0.5, 0.6) is 0 Å². The zero-order valence-electron chi connectivity index (χ0n) is 30.7. The fraction of sp³-hybridized carbons (Fsp3) is 0.610.